The first-order valence-corrected chi connectivity index (χ1v) is 6.56. The normalized spacial score (nSPS) is 11.1. The number of urea groups is 1. The van der Waals surface area contributed by atoms with Crippen LogP contribution in [-0.2, 0) is 0 Å². The summed E-state index contributed by atoms with van der Waals surface area (Å²) in [6, 6.07) is 3.07. The quantitative estimate of drug-likeness (QED) is 0.779. The SMILES string of the molecule is NC(=O)N[Se]c1ccc(OC(F)(F)F)cc1Br. The van der Waals surface area contributed by atoms with Gasteiger partial charge in [0, 0.05) is 0 Å². The van der Waals surface area contributed by atoms with E-state index in [0.29, 0.717) is 8.93 Å². The van der Waals surface area contributed by atoms with Crippen molar-refractivity contribution in [1.29, 1.82) is 0 Å². The van der Waals surface area contributed by atoms with E-state index >= 15 is 0 Å². The summed E-state index contributed by atoms with van der Waals surface area (Å²) in [4.78, 5) is 10.5. The van der Waals surface area contributed by atoms with Gasteiger partial charge in [-0.1, -0.05) is 0 Å². The number of hydrogen-bond acceptors (Lipinski definition) is 2. The Hall–Kier alpha value is -0.921. The van der Waals surface area contributed by atoms with Gasteiger partial charge in [-0.3, -0.25) is 0 Å². The van der Waals surface area contributed by atoms with Gasteiger partial charge < -0.3 is 0 Å². The molecule has 4 nitrogen and oxygen atoms in total. The average Bonchev–Trinajstić information content (AvgIpc) is 2.13. The number of alkyl halides is 3. The maximum absolute atomic E-state index is 11.9. The molecule has 3 N–H and O–H groups in total. The predicted octanol–water partition coefficient (Wildman–Crippen LogP) is 1.26. The monoisotopic (exact) mass is 378 g/mol. The number of nitrogens with two attached hydrogens (primary N) is 1. The van der Waals surface area contributed by atoms with Gasteiger partial charge >= 0.3 is 109 Å². The summed E-state index contributed by atoms with van der Waals surface area (Å²) < 4.78 is 42.9. The van der Waals surface area contributed by atoms with Crippen LogP contribution in [0.5, 0.6) is 5.75 Å². The molecule has 0 saturated carbocycles. The number of carbonyl (C=O) groups excluding carboxylic acids is 1. The van der Waals surface area contributed by atoms with Crippen molar-refractivity contribution in [2.45, 2.75) is 6.36 Å². The fraction of sp³-hybridized carbons (Fsp3) is 0.125. The van der Waals surface area contributed by atoms with Gasteiger partial charge in [-0.2, -0.15) is 0 Å². The van der Waals surface area contributed by atoms with Crippen LogP contribution in [0, 0.1) is 0 Å². The topological polar surface area (TPSA) is 64.4 Å². The third kappa shape index (κ3) is 5.29. The van der Waals surface area contributed by atoms with Crippen LogP contribution in [0.25, 0.3) is 0 Å². The van der Waals surface area contributed by atoms with Crippen molar-refractivity contribution in [1.82, 2.24) is 4.33 Å². The number of primary amides is 1. The molecule has 9 heteroatoms. The molecule has 1 aromatic carbocycles. The molecule has 0 aliphatic carbocycles. The van der Waals surface area contributed by atoms with Crippen LogP contribution in [0.2, 0.25) is 0 Å². The molecule has 0 aliphatic heterocycles. The number of benzene rings is 1. The Kier molecular flexibility index (Phi) is 4.67. The number of rotatable bonds is 3. The van der Waals surface area contributed by atoms with E-state index in [1.54, 1.807) is 0 Å². The number of carbonyl (C=O) groups is 1. The summed E-state index contributed by atoms with van der Waals surface area (Å²) in [5.74, 6) is -0.331. The minimum absolute atomic E-state index is 0.331. The predicted molar refractivity (Wildman–Crippen MR) is 58.9 cm³/mol. The van der Waals surface area contributed by atoms with Crippen molar-refractivity contribution in [3.8, 4) is 5.75 Å². The van der Waals surface area contributed by atoms with E-state index in [2.05, 4.69) is 25.0 Å². The van der Waals surface area contributed by atoms with Crippen LogP contribution in [0.1, 0.15) is 0 Å². The van der Waals surface area contributed by atoms with E-state index in [0.717, 1.165) is 6.07 Å². The molecule has 0 bridgehead atoms. The summed E-state index contributed by atoms with van der Waals surface area (Å²) >= 11 is 2.62. The Balaban J connectivity index is 2.76. The van der Waals surface area contributed by atoms with Gasteiger partial charge in [0.25, 0.3) is 0 Å². The molecular weight excluding hydrogens is 372 g/mol. The van der Waals surface area contributed by atoms with Crippen molar-refractivity contribution in [2.24, 2.45) is 5.73 Å². The molecule has 0 fully saturated rings. The molecule has 0 spiro atoms. The van der Waals surface area contributed by atoms with Crippen molar-refractivity contribution < 1.29 is 22.7 Å². The summed E-state index contributed by atoms with van der Waals surface area (Å²) in [5, 5.41) is 0. The molecule has 0 atom stereocenters. The molecule has 1 rings (SSSR count). The second-order valence-electron chi connectivity index (χ2n) is 2.71. The van der Waals surface area contributed by atoms with Gasteiger partial charge in [0.1, 0.15) is 0 Å². The standard InChI is InChI=1S/C8H6BrF3N2O2Se/c9-5-3-4(16-8(10,11)12)1-2-6(5)17-14-7(13)15/h1-3H,(H3,13,14,15). The van der Waals surface area contributed by atoms with E-state index in [1.807, 2.05) is 0 Å². The van der Waals surface area contributed by atoms with Gasteiger partial charge in [-0.05, 0) is 0 Å². The van der Waals surface area contributed by atoms with E-state index in [4.69, 9.17) is 5.73 Å². The third-order valence-electron chi connectivity index (χ3n) is 1.40. The second kappa shape index (κ2) is 5.61. The third-order valence-corrected chi connectivity index (χ3v) is 4.49. The molecule has 0 aromatic heterocycles. The van der Waals surface area contributed by atoms with Crippen molar-refractivity contribution in [2.75, 3.05) is 0 Å². The van der Waals surface area contributed by atoms with Gasteiger partial charge in [-0.25, -0.2) is 0 Å². The molecule has 0 aliphatic rings. The molecule has 0 unspecified atom stereocenters. The average molecular weight is 378 g/mol. The first kappa shape index (κ1) is 14.1. The fourth-order valence-electron chi connectivity index (χ4n) is 0.867. The van der Waals surface area contributed by atoms with Crippen molar-refractivity contribution >= 4 is 41.6 Å². The Labute approximate surface area is 109 Å². The van der Waals surface area contributed by atoms with E-state index in [1.165, 1.54) is 12.1 Å². The maximum atomic E-state index is 11.9. The van der Waals surface area contributed by atoms with Crippen LogP contribution in [-0.4, -0.2) is 27.6 Å². The van der Waals surface area contributed by atoms with Crippen molar-refractivity contribution in [3.05, 3.63) is 22.7 Å². The van der Waals surface area contributed by atoms with E-state index < -0.39 is 27.6 Å². The Bertz CT molecular complexity index is 428. The number of hydrogen-bond donors (Lipinski definition) is 2. The van der Waals surface area contributed by atoms with Crippen LogP contribution >= 0.6 is 15.9 Å². The summed E-state index contributed by atoms with van der Waals surface area (Å²) in [6.45, 7) is 0. The first-order valence-electron chi connectivity index (χ1n) is 4.05. The summed E-state index contributed by atoms with van der Waals surface area (Å²) in [6.07, 6.45) is -4.72. The first-order chi connectivity index (χ1) is 7.78. The molecule has 0 heterocycles. The van der Waals surface area contributed by atoms with Crippen LogP contribution < -0.4 is 19.3 Å². The van der Waals surface area contributed by atoms with E-state index in [9.17, 15) is 18.0 Å². The summed E-state index contributed by atoms with van der Waals surface area (Å²) in [5.41, 5.74) is 4.88. The fourth-order valence-corrected chi connectivity index (χ4v) is 2.70. The zero-order valence-corrected chi connectivity index (χ0v) is 11.3. The Morgan fingerprint density at radius 2 is 2.12 bits per heavy atom. The van der Waals surface area contributed by atoms with Gasteiger partial charge in [0.2, 0.25) is 0 Å². The number of amides is 2. The van der Waals surface area contributed by atoms with Crippen LogP contribution in [0.15, 0.2) is 22.7 Å². The second-order valence-corrected chi connectivity index (χ2v) is 5.34. The van der Waals surface area contributed by atoms with E-state index in [-0.39, 0.29) is 5.75 Å². The Morgan fingerprint density at radius 1 is 1.47 bits per heavy atom. The minimum atomic E-state index is -4.72. The molecular formula is C8H6BrF3N2O2Se. The van der Waals surface area contributed by atoms with Crippen LogP contribution in [0.4, 0.5) is 18.0 Å². The molecule has 17 heavy (non-hydrogen) atoms. The molecule has 94 valence electrons. The van der Waals surface area contributed by atoms with Gasteiger partial charge in [0.05, 0.1) is 0 Å². The Morgan fingerprint density at radius 3 is 2.59 bits per heavy atom. The zero-order valence-electron chi connectivity index (χ0n) is 8.05. The molecule has 0 saturated heterocycles. The van der Waals surface area contributed by atoms with Crippen molar-refractivity contribution in [3.63, 3.8) is 0 Å². The number of ether oxygens (including phenoxy) is 1. The number of nitrogens with one attached hydrogen (secondary N) is 1. The summed E-state index contributed by atoms with van der Waals surface area (Å²) in [7, 11) is 0. The van der Waals surface area contributed by atoms with Crippen LogP contribution in [0.3, 0.4) is 0 Å². The van der Waals surface area contributed by atoms with Gasteiger partial charge in [-0.15, -0.1) is 0 Å². The molecule has 1 aromatic rings. The number of halogens is 4. The van der Waals surface area contributed by atoms with Gasteiger partial charge in [0.15, 0.2) is 0 Å². The molecule has 2 amide bonds. The molecule has 0 radical (unpaired) electrons. The zero-order chi connectivity index (χ0) is 13.1.